The first-order valence-corrected chi connectivity index (χ1v) is 13.0. The van der Waals surface area contributed by atoms with Crippen LogP contribution in [-0.2, 0) is 9.59 Å². The minimum Gasteiger partial charge on any atom is -0.496 e. The van der Waals surface area contributed by atoms with E-state index in [1.165, 1.54) is 6.33 Å². The molecule has 1 aliphatic heterocycles. The Morgan fingerprint density at radius 2 is 2.03 bits per heavy atom. The molecule has 2 saturated carbocycles. The second-order valence-electron chi connectivity index (χ2n) is 10.4. The Kier molecular flexibility index (Phi) is 6.84. The number of ether oxygens (including phenoxy) is 2. The van der Waals surface area contributed by atoms with Gasteiger partial charge in [-0.3, -0.25) is 4.79 Å². The molecule has 1 aromatic carbocycles. The van der Waals surface area contributed by atoms with Crippen LogP contribution in [-0.4, -0.2) is 74.9 Å². The molecule has 0 bridgehead atoms. The highest BCUT2D eigenvalue weighted by atomic mass is 16.5. The van der Waals surface area contributed by atoms with Crippen LogP contribution < -0.4 is 14.8 Å². The minimum absolute atomic E-state index is 0.118. The molecule has 2 fully saturated rings. The molecule has 1 unspecified atom stereocenters. The fraction of sp³-hybridized carbons (Fsp3) is 0.500. The highest BCUT2D eigenvalue weighted by Gasteiger charge is 2.59. The molecule has 2 aliphatic carbocycles. The Hall–Kier alpha value is -3.91. The number of fused-ring (bicyclic) bond motifs is 3. The van der Waals surface area contributed by atoms with E-state index in [9.17, 15) is 19.8 Å². The molecule has 0 radical (unpaired) electrons. The third-order valence-electron chi connectivity index (χ3n) is 7.95. The Morgan fingerprint density at radius 3 is 2.79 bits per heavy atom. The van der Waals surface area contributed by atoms with Gasteiger partial charge >= 0.3 is 11.9 Å². The number of amides is 1. The van der Waals surface area contributed by atoms with Crippen LogP contribution in [0.15, 0.2) is 35.8 Å². The van der Waals surface area contributed by atoms with E-state index >= 15 is 0 Å². The van der Waals surface area contributed by atoms with Crippen molar-refractivity contribution < 1.29 is 33.9 Å². The predicted molar refractivity (Wildman–Crippen MR) is 139 cm³/mol. The summed E-state index contributed by atoms with van der Waals surface area (Å²) < 4.78 is 13.5. The normalized spacial score (nSPS) is 27.6. The van der Waals surface area contributed by atoms with E-state index in [0.29, 0.717) is 42.1 Å². The number of hydrogen-bond acceptors (Lipinski definition) is 6. The Morgan fingerprint density at radius 1 is 1.24 bits per heavy atom. The number of carbonyl (C=O) groups is 2. The smallest absolute Gasteiger partial charge is 0.337 e. The van der Waals surface area contributed by atoms with E-state index in [4.69, 9.17) is 9.47 Å². The maximum Gasteiger partial charge on any atom is 0.337 e. The second kappa shape index (κ2) is 10.1. The van der Waals surface area contributed by atoms with Crippen molar-refractivity contribution in [3.63, 3.8) is 0 Å². The summed E-state index contributed by atoms with van der Waals surface area (Å²) in [5, 5.41) is 24.6. The van der Waals surface area contributed by atoms with Crippen molar-refractivity contribution in [2.45, 2.75) is 57.1 Å². The topological polar surface area (TPSA) is 134 Å². The first-order chi connectivity index (χ1) is 18.2. The first kappa shape index (κ1) is 25.7. The van der Waals surface area contributed by atoms with Crippen LogP contribution in [0.25, 0.3) is 10.9 Å². The zero-order valence-corrected chi connectivity index (χ0v) is 21.9. The van der Waals surface area contributed by atoms with Crippen molar-refractivity contribution in [1.82, 2.24) is 15.3 Å². The van der Waals surface area contributed by atoms with Crippen LogP contribution >= 0.6 is 0 Å². The quantitative estimate of drug-likeness (QED) is 0.413. The van der Waals surface area contributed by atoms with Gasteiger partial charge in [0.25, 0.3) is 0 Å². The third kappa shape index (κ3) is 4.60. The highest BCUT2D eigenvalue weighted by Crippen LogP contribution is 2.44. The molecule has 1 aromatic heterocycles. The van der Waals surface area contributed by atoms with E-state index < -0.39 is 35.4 Å². The van der Waals surface area contributed by atoms with E-state index in [-0.39, 0.29) is 12.3 Å². The molecule has 38 heavy (non-hydrogen) atoms. The fourth-order valence-corrected chi connectivity index (χ4v) is 5.63. The van der Waals surface area contributed by atoms with Crippen molar-refractivity contribution in [1.29, 1.82) is 0 Å². The number of carbonyl (C=O) groups excluding carboxylic acids is 1. The number of methoxy groups -OCH3 is 1. The number of carboxylic acid groups (broad SMARTS) is 1. The van der Waals surface area contributed by atoms with Crippen LogP contribution in [0.3, 0.4) is 0 Å². The van der Waals surface area contributed by atoms with Crippen molar-refractivity contribution in [3.05, 3.63) is 41.4 Å². The molecule has 200 valence electrons. The summed E-state index contributed by atoms with van der Waals surface area (Å²) in [5.74, 6) is -1.47. The Balaban J connectivity index is 1.46. The van der Waals surface area contributed by atoms with Gasteiger partial charge in [0, 0.05) is 30.4 Å². The largest absolute Gasteiger partial charge is 0.496 e. The van der Waals surface area contributed by atoms with Crippen molar-refractivity contribution in [2.24, 2.45) is 11.8 Å². The van der Waals surface area contributed by atoms with E-state index in [1.807, 2.05) is 32.2 Å². The van der Waals surface area contributed by atoms with Gasteiger partial charge in [-0.15, -0.1) is 5.73 Å². The molecule has 2 heterocycles. The number of nitrogens with zero attached hydrogens (tertiary/aromatic N) is 3. The summed E-state index contributed by atoms with van der Waals surface area (Å²) >= 11 is 0. The number of carboxylic acids is 1. The summed E-state index contributed by atoms with van der Waals surface area (Å²) in [7, 11) is 3.41. The molecule has 10 heteroatoms. The SMILES string of the molecule is COc1ccc2c(O[C@H]3CC4C(O)=[N+](C)CCCCC=C=C5C[C@@]5(C(=O)O)NC(=O)[C@@H]4C3)ncnc2c1C. The molecule has 2 aromatic rings. The number of aliphatic carboxylic acids is 1. The lowest BCUT2D eigenvalue weighted by Crippen LogP contribution is -2.48. The molecule has 0 spiro atoms. The van der Waals surface area contributed by atoms with Crippen LogP contribution in [0.4, 0.5) is 0 Å². The summed E-state index contributed by atoms with van der Waals surface area (Å²) in [5.41, 5.74) is 3.80. The summed E-state index contributed by atoms with van der Waals surface area (Å²) in [6.45, 7) is 2.56. The van der Waals surface area contributed by atoms with E-state index in [0.717, 1.165) is 30.2 Å². The molecule has 3 N–H and O–H groups in total. The maximum atomic E-state index is 13.5. The number of rotatable bonds is 4. The number of benzene rings is 1. The molecule has 4 atom stereocenters. The second-order valence-corrected chi connectivity index (χ2v) is 10.4. The van der Waals surface area contributed by atoms with Gasteiger partial charge in [0.1, 0.15) is 31.8 Å². The van der Waals surface area contributed by atoms with Gasteiger partial charge in [0.05, 0.1) is 29.8 Å². The van der Waals surface area contributed by atoms with Crippen molar-refractivity contribution in [3.8, 4) is 11.6 Å². The maximum absolute atomic E-state index is 13.5. The molecular weight excluding hydrogens is 488 g/mol. The molecule has 10 nitrogen and oxygen atoms in total. The molecule has 0 saturated heterocycles. The zero-order valence-electron chi connectivity index (χ0n) is 21.9. The molecule has 3 aliphatic rings. The summed E-state index contributed by atoms with van der Waals surface area (Å²) in [4.78, 5) is 34.4. The average Bonchev–Trinajstić information content (AvgIpc) is 3.43. The number of aliphatic hydroxyl groups is 1. The van der Waals surface area contributed by atoms with E-state index in [1.54, 1.807) is 11.7 Å². The Labute approximate surface area is 220 Å². The number of hydrogen-bond donors (Lipinski definition) is 3. The standard InChI is InChI=1S/C28H32N4O6/c1-16-22(37-3)10-9-19-23(16)29-15-30-25(19)38-18-12-20-21(13-18)26(34)32(2)11-7-5-4-6-8-17-14-28(17,27(35)36)31-24(20)33/h6,9-10,15,18,20-21H,4-5,7,11-14H2,1-3H3,(H2,31,33,35,36)/p+1/t8?,18-,20-,21?,28-/m1/s1. The third-order valence-corrected chi connectivity index (χ3v) is 7.95. The van der Waals surface area contributed by atoms with Gasteiger partial charge in [-0.2, -0.15) is 0 Å². The van der Waals surface area contributed by atoms with Crippen LogP contribution in [0, 0.1) is 18.8 Å². The van der Waals surface area contributed by atoms with Gasteiger partial charge in [-0.25, -0.2) is 19.3 Å². The van der Waals surface area contributed by atoms with Gasteiger partial charge in [0.15, 0.2) is 5.54 Å². The fourth-order valence-electron chi connectivity index (χ4n) is 5.63. The number of aliphatic hydroxyl groups excluding tert-OH is 1. The number of aromatic nitrogens is 2. The van der Waals surface area contributed by atoms with Crippen LogP contribution in [0.2, 0.25) is 0 Å². The highest BCUT2D eigenvalue weighted by molar-refractivity contribution is 5.97. The van der Waals surface area contributed by atoms with E-state index in [2.05, 4.69) is 21.0 Å². The van der Waals surface area contributed by atoms with Crippen LogP contribution in [0.1, 0.15) is 44.1 Å². The van der Waals surface area contributed by atoms with Gasteiger partial charge in [-0.1, -0.05) is 0 Å². The zero-order chi connectivity index (χ0) is 27.0. The van der Waals surface area contributed by atoms with Gasteiger partial charge in [-0.05, 0) is 44.4 Å². The monoisotopic (exact) mass is 521 g/mol. The molecule has 1 amide bonds. The molecule has 5 rings (SSSR count). The lowest BCUT2D eigenvalue weighted by molar-refractivity contribution is -0.509. The Bertz CT molecular complexity index is 1400. The number of nitrogens with one attached hydrogen (secondary N) is 1. The van der Waals surface area contributed by atoms with Crippen LogP contribution in [0.5, 0.6) is 11.6 Å². The first-order valence-electron chi connectivity index (χ1n) is 13.0. The van der Waals surface area contributed by atoms with Gasteiger partial charge in [0.2, 0.25) is 11.8 Å². The van der Waals surface area contributed by atoms with Gasteiger partial charge < -0.3 is 25.0 Å². The lowest BCUT2D eigenvalue weighted by Gasteiger charge is -2.19. The lowest BCUT2D eigenvalue weighted by atomic mass is 9.94. The molecular formula is C28H33N4O6+. The predicted octanol–water partition coefficient (Wildman–Crippen LogP) is 2.93. The van der Waals surface area contributed by atoms with Crippen molar-refractivity contribution in [2.75, 3.05) is 20.7 Å². The van der Waals surface area contributed by atoms with Crippen molar-refractivity contribution >= 4 is 28.7 Å². The minimum atomic E-state index is -1.43. The summed E-state index contributed by atoms with van der Waals surface area (Å²) in [6, 6.07) is 3.68. The number of aryl methyl sites for hydroxylation is 1. The summed E-state index contributed by atoms with van der Waals surface area (Å²) in [6.07, 6.45) is 6.26. The average molecular weight is 522 g/mol.